The molecule has 2 N–H and O–H groups in total. The third kappa shape index (κ3) is 3.92. The smallest absolute Gasteiger partial charge is 0.349 e. The molecule has 0 fully saturated rings. The summed E-state index contributed by atoms with van der Waals surface area (Å²) in [4.78, 5) is 21.9. The van der Waals surface area contributed by atoms with Gasteiger partial charge in [-0.1, -0.05) is 0 Å². The molecule has 0 amide bonds. The summed E-state index contributed by atoms with van der Waals surface area (Å²) in [6, 6.07) is 0. The van der Waals surface area contributed by atoms with Crippen molar-refractivity contribution in [2.75, 3.05) is 26.6 Å². The van der Waals surface area contributed by atoms with Gasteiger partial charge in [0.2, 0.25) is 5.88 Å². The van der Waals surface area contributed by atoms with Crippen LogP contribution in [0.1, 0.15) is 6.42 Å². The predicted octanol–water partition coefficient (Wildman–Crippen LogP) is 0.502. The van der Waals surface area contributed by atoms with Crippen molar-refractivity contribution in [3.63, 3.8) is 0 Å². The van der Waals surface area contributed by atoms with Gasteiger partial charge in [0.15, 0.2) is 5.52 Å². The van der Waals surface area contributed by atoms with E-state index < -0.39 is 18.9 Å². The molecule has 1 atom stereocenters. The van der Waals surface area contributed by atoms with Crippen molar-refractivity contribution in [2.24, 2.45) is 0 Å². The van der Waals surface area contributed by atoms with Gasteiger partial charge in [0.1, 0.15) is 5.65 Å². The molecule has 116 valence electrons. The van der Waals surface area contributed by atoms with Crippen LogP contribution in [-0.2, 0) is 11.1 Å². The molecule has 0 radical (unpaired) electrons. The first-order valence-electron chi connectivity index (χ1n) is 6.51. The molecule has 0 spiro atoms. The Labute approximate surface area is 121 Å². The number of hydrogen-bond acceptors (Lipinski definition) is 6. The second-order valence-corrected chi connectivity index (χ2v) is 8.90. The zero-order valence-electron chi connectivity index (χ0n) is 12.2. The van der Waals surface area contributed by atoms with Crippen LogP contribution in [0.15, 0.2) is 11.1 Å². The molecular formula is C12H19N4O4P. The first kappa shape index (κ1) is 15.7. The van der Waals surface area contributed by atoms with E-state index in [0.29, 0.717) is 24.1 Å². The Balaban J connectivity index is 2.18. The molecule has 0 saturated heterocycles. The molecule has 0 unspecified atom stereocenters. The van der Waals surface area contributed by atoms with Gasteiger partial charge >= 0.3 is 5.69 Å². The number of hydrogen-bond donors (Lipinski definition) is 2. The molecule has 0 bridgehead atoms. The number of fused-ring (bicyclic) bond motifs is 1. The van der Waals surface area contributed by atoms with Crippen LogP contribution in [0.25, 0.3) is 11.2 Å². The van der Waals surface area contributed by atoms with Crippen LogP contribution in [0.4, 0.5) is 0 Å². The van der Waals surface area contributed by atoms with Gasteiger partial charge in [-0.2, -0.15) is 4.98 Å². The number of H-pyrrole nitrogens is 1. The summed E-state index contributed by atoms with van der Waals surface area (Å²) < 4.78 is 18.4. The third-order valence-corrected chi connectivity index (χ3v) is 4.32. The minimum absolute atomic E-state index is 0.166. The highest BCUT2D eigenvalue weighted by atomic mass is 31.2. The summed E-state index contributed by atoms with van der Waals surface area (Å²) >= 11 is 0. The first-order valence-corrected chi connectivity index (χ1v) is 9.30. The topological polar surface area (TPSA) is 110 Å². The average molecular weight is 314 g/mol. The fraction of sp³-hybridized carbons (Fsp3) is 0.583. The number of aliphatic hydroxyl groups excluding tert-OH is 1. The van der Waals surface area contributed by atoms with E-state index in [9.17, 15) is 14.5 Å². The van der Waals surface area contributed by atoms with Crippen LogP contribution in [0.2, 0.25) is 0 Å². The molecule has 2 heterocycles. The molecule has 2 aromatic heterocycles. The lowest BCUT2D eigenvalue weighted by Crippen LogP contribution is -2.17. The van der Waals surface area contributed by atoms with Crippen molar-refractivity contribution >= 4 is 18.3 Å². The molecule has 0 saturated carbocycles. The van der Waals surface area contributed by atoms with E-state index in [-0.39, 0.29) is 12.0 Å². The number of nitrogens with zero attached hydrogens (tertiary/aromatic N) is 3. The lowest BCUT2D eigenvalue weighted by atomic mass is 10.3. The first-order chi connectivity index (χ1) is 9.80. The molecule has 9 heteroatoms. The standard InChI is InChI=1S/C12H19N4O4P/c1-20-11-9-10(14-12(18)15-11)16(7-13-9)5-4-8(17)6-21(2,3)19/h7-8,17H,4-6H2,1-3H3,(H,14,15,18)/t8-/m1/s1. The van der Waals surface area contributed by atoms with Crippen LogP contribution in [0.5, 0.6) is 5.88 Å². The maximum absolute atomic E-state index is 11.7. The van der Waals surface area contributed by atoms with Crippen molar-refractivity contribution in [3.05, 3.63) is 16.8 Å². The van der Waals surface area contributed by atoms with Gasteiger partial charge < -0.3 is 19.0 Å². The molecule has 2 rings (SSSR count). The number of aromatic amines is 1. The van der Waals surface area contributed by atoms with Crippen LogP contribution in [0, 0.1) is 0 Å². The quantitative estimate of drug-likeness (QED) is 0.751. The van der Waals surface area contributed by atoms with Gasteiger partial charge in [0, 0.05) is 12.7 Å². The van der Waals surface area contributed by atoms with Crippen molar-refractivity contribution in [2.45, 2.75) is 19.1 Å². The van der Waals surface area contributed by atoms with Crippen LogP contribution in [-0.4, -0.2) is 57.3 Å². The molecule has 0 aromatic carbocycles. The number of nitrogens with one attached hydrogen (secondary N) is 1. The third-order valence-electron chi connectivity index (χ3n) is 3.02. The predicted molar refractivity (Wildman–Crippen MR) is 79.6 cm³/mol. The van der Waals surface area contributed by atoms with Crippen molar-refractivity contribution in [1.29, 1.82) is 0 Å². The Morgan fingerprint density at radius 2 is 2.24 bits per heavy atom. The highest BCUT2D eigenvalue weighted by Crippen LogP contribution is 2.36. The van der Waals surface area contributed by atoms with Gasteiger partial charge in [-0.3, -0.25) is 4.98 Å². The van der Waals surface area contributed by atoms with E-state index in [0.717, 1.165) is 0 Å². The lowest BCUT2D eigenvalue weighted by Gasteiger charge is -2.14. The molecule has 2 aromatic rings. The second-order valence-electron chi connectivity index (χ2n) is 5.39. The van der Waals surface area contributed by atoms with Crippen molar-refractivity contribution in [3.8, 4) is 5.88 Å². The minimum atomic E-state index is -2.26. The molecule has 0 aliphatic rings. The van der Waals surface area contributed by atoms with E-state index in [1.165, 1.54) is 7.11 Å². The molecular weight excluding hydrogens is 295 g/mol. The Hall–Kier alpha value is -1.66. The largest absolute Gasteiger partial charge is 0.479 e. The lowest BCUT2D eigenvalue weighted by molar-refractivity contribution is 0.180. The fourth-order valence-corrected chi connectivity index (χ4v) is 3.34. The van der Waals surface area contributed by atoms with E-state index in [2.05, 4.69) is 15.0 Å². The summed E-state index contributed by atoms with van der Waals surface area (Å²) in [6.45, 7) is 3.74. The molecule has 8 nitrogen and oxygen atoms in total. The van der Waals surface area contributed by atoms with E-state index >= 15 is 0 Å². The average Bonchev–Trinajstić information content (AvgIpc) is 2.76. The monoisotopic (exact) mass is 314 g/mol. The number of imidazole rings is 1. The number of aryl methyl sites for hydroxylation is 1. The Kier molecular flexibility index (Phi) is 4.49. The Morgan fingerprint density at radius 3 is 2.86 bits per heavy atom. The second kappa shape index (κ2) is 5.99. The van der Waals surface area contributed by atoms with E-state index in [1.54, 1.807) is 24.2 Å². The summed E-state index contributed by atoms with van der Waals surface area (Å²) in [5.74, 6) is 0.166. The number of rotatable bonds is 6. The van der Waals surface area contributed by atoms with Crippen LogP contribution in [0.3, 0.4) is 0 Å². The Morgan fingerprint density at radius 1 is 1.52 bits per heavy atom. The van der Waals surface area contributed by atoms with Gasteiger partial charge in [-0.05, 0) is 19.8 Å². The van der Waals surface area contributed by atoms with Gasteiger partial charge in [0.05, 0.1) is 26.7 Å². The summed E-state index contributed by atoms with van der Waals surface area (Å²) in [7, 11) is -0.839. The summed E-state index contributed by atoms with van der Waals surface area (Å²) in [5, 5.41) is 9.90. The Bertz CT molecular complexity index is 732. The minimum Gasteiger partial charge on any atom is -0.479 e. The van der Waals surface area contributed by atoms with E-state index in [4.69, 9.17) is 4.74 Å². The normalized spacial score (nSPS) is 13.5. The van der Waals surface area contributed by atoms with Gasteiger partial charge in [-0.25, -0.2) is 9.78 Å². The number of ether oxygens (including phenoxy) is 1. The SMILES string of the molecule is COc1nc(=O)[nH]c2c1ncn2CC[C@@H](O)CP(C)(C)=O. The fourth-order valence-electron chi connectivity index (χ4n) is 2.14. The zero-order valence-corrected chi connectivity index (χ0v) is 13.1. The summed E-state index contributed by atoms with van der Waals surface area (Å²) in [6.07, 6.45) is 1.60. The van der Waals surface area contributed by atoms with Gasteiger partial charge in [0.25, 0.3) is 0 Å². The van der Waals surface area contributed by atoms with Crippen molar-refractivity contribution < 1.29 is 14.4 Å². The molecule has 0 aliphatic carbocycles. The number of methoxy groups -OCH3 is 1. The van der Waals surface area contributed by atoms with Crippen LogP contribution >= 0.6 is 7.14 Å². The maximum Gasteiger partial charge on any atom is 0.349 e. The zero-order chi connectivity index (χ0) is 15.6. The number of aliphatic hydroxyl groups is 1. The number of aromatic nitrogens is 4. The van der Waals surface area contributed by atoms with Gasteiger partial charge in [-0.15, -0.1) is 0 Å². The van der Waals surface area contributed by atoms with Crippen molar-refractivity contribution in [1.82, 2.24) is 19.5 Å². The van der Waals surface area contributed by atoms with Crippen LogP contribution < -0.4 is 10.4 Å². The molecule has 21 heavy (non-hydrogen) atoms. The molecule has 0 aliphatic heterocycles. The highest BCUT2D eigenvalue weighted by Gasteiger charge is 2.16. The summed E-state index contributed by atoms with van der Waals surface area (Å²) in [5.41, 5.74) is 0.437. The van der Waals surface area contributed by atoms with E-state index in [1.807, 2.05) is 0 Å². The maximum atomic E-state index is 11.7. The highest BCUT2D eigenvalue weighted by molar-refractivity contribution is 7.62.